The maximum Gasteiger partial charge on any atom is 0.251 e. The summed E-state index contributed by atoms with van der Waals surface area (Å²) in [7, 11) is 0. The molecule has 1 fully saturated rings. The number of hydrogen-bond donors (Lipinski definition) is 3. The third kappa shape index (κ3) is 3.65. The van der Waals surface area contributed by atoms with E-state index in [1.54, 1.807) is 23.5 Å². The number of benzene rings is 1. The van der Waals surface area contributed by atoms with Gasteiger partial charge in [-0.25, -0.2) is 4.39 Å². The fraction of sp³-hybridized carbons (Fsp3) is 0.176. The minimum Gasteiger partial charge on any atom is -0.396 e. The molecule has 4 nitrogen and oxygen atoms in total. The van der Waals surface area contributed by atoms with Gasteiger partial charge in [-0.1, -0.05) is 6.08 Å². The Morgan fingerprint density at radius 3 is 2.87 bits per heavy atom. The van der Waals surface area contributed by atoms with E-state index in [0.29, 0.717) is 0 Å². The Labute approximate surface area is 137 Å². The molecule has 0 bridgehead atoms. The first-order valence-corrected chi connectivity index (χ1v) is 8.18. The molecule has 4 N–H and O–H groups in total. The summed E-state index contributed by atoms with van der Waals surface area (Å²) in [6.45, 7) is 0. The molecule has 1 aromatic carbocycles. The van der Waals surface area contributed by atoms with Gasteiger partial charge in [0.15, 0.2) is 0 Å². The van der Waals surface area contributed by atoms with Crippen LogP contribution in [0.2, 0.25) is 0 Å². The zero-order valence-corrected chi connectivity index (χ0v) is 13.1. The van der Waals surface area contributed by atoms with Gasteiger partial charge < -0.3 is 16.5 Å². The van der Waals surface area contributed by atoms with Gasteiger partial charge in [0, 0.05) is 17.2 Å². The highest BCUT2D eigenvalue weighted by atomic mass is 32.1. The van der Waals surface area contributed by atoms with Crippen LogP contribution in [0.25, 0.3) is 6.08 Å². The molecule has 0 unspecified atom stereocenters. The van der Waals surface area contributed by atoms with Crippen molar-refractivity contribution >= 4 is 34.7 Å². The van der Waals surface area contributed by atoms with Crippen LogP contribution in [0.3, 0.4) is 0 Å². The second-order valence-corrected chi connectivity index (χ2v) is 6.25. The van der Waals surface area contributed by atoms with Gasteiger partial charge in [0.05, 0.1) is 11.4 Å². The van der Waals surface area contributed by atoms with Crippen LogP contribution < -0.4 is 11.1 Å². The van der Waals surface area contributed by atoms with Crippen LogP contribution in [-0.4, -0.2) is 17.7 Å². The molecule has 2 aromatic rings. The van der Waals surface area contributed by atoms with E-state index in [0.717, 1.165) is 24.5 Å². The highest BCUT2D eigenvalue weighted by Crippen LogP contribution is 2.23. The number of hydrogen-bond acceptors (Lipinski definition) is 4. The lowest BCUT2D eigenvalue weighted by Crippen LogP contribution is -2.26. The van der Waals surface area contributed by atoms with Crippen molar-refractivity contribution in [1.82, 2.24) is 5.32 Å². The van der Waals surface area contributed by atoms with Gasteiger partial charge in [-0.2, -0.15) is 11.3 Å². The summed E-state index contributed by atoms with van der Waals surface area (Å²) in [5.41, 5.74) is 7.05. The molecule has 0 saturated heterocycles. The highest BCUT2D eigenvalue weighted by molar-refractivity contribution is 7.08. The largest absolute Gasteiger partial charge is 0.396 e. The lowest BCUT2D eigenvalue weighted by atomic mass is 10.0. The fourth-order valence-electron chi connectivity index (χ4n) is 2.11. The van der Waals surface area contributed by atoms with E-state index in [9.17, 15) is 9.18 Å². The molecule has 1 aliphatic carbocycles. The van der Waals surface area contributed by atoms with Crippen molar-refractivity contribution in [3.63, 3.8) is 0 Å². The Morgan fingerprint density at radius 2 is 2.22 bits per heavy atom. The van der Waals surface area contributed by atoms with E-state index in [2.05, 4.69) is 5.32 Å². The molecule has 118 valence electrons. The maximum absolute atomic E-state index is 14.0. The van der Waals surface area contributed by atoms with E-state index in [-0.39, 0.29) is 34.5 Å². The average Bonchev–Trinajstić information content (AvgIpc) is 3.18. The van der Waals surface area contributed by atoms with E-state index in [1.165, 1.54) is 6.07 Å². The molecule has 0 atom stereocenters. The Bertz CT molecular complexity index is 779. The molecule has 1 heterocycles. The Hall–Kier alpha value is -2.47. The van der Waals surface area contributed by atoms with Crippen LogP contribution in [0.1, 0.15) is 34.3 Å². The maximum atomic E-state index is 14.0. The average molecular weight is 329 g/mol. The number of carbonyl (C=O) groups excluding carboxylic acids is 1. The van der Waals surface area contributed by atoms with Crippen LogP contribution in [0.5, 0.6) is 0 Å². The molecule has 0 radical (unpaired) electrons. The first kappa shape index (κ1) is 15.4. The van der Waals surface area contributed by atoms with Crippen molar-refractivity contribution in [1.29, 1.82) is 5.41 Å². The summed E-state index contributed by atoms with van der Waals surface area (Å²) in [6, 6.07) is 4.69. The van der Waals surface area contributed by atoms with Crippen LogP contribution in [0.15, 0.2) is 35.0 Å². The number of nitrogen functional groups attached to an aromatic ring is 1. The highest BCUT2D eigenvalue weighted by Gasteiger charge is 2.24. The van der Waals surface area contributed by atoms with Crippen LogP contribution >= 0.6 is 11.3 Å². The van der Waals surface area contributed by atoms with Crippen LogP contribution in [0, 0.1) is 11.2 Å². The number of amides is 1. The summed E-state index contributed by atoms with van der Waals surface area (Å²) >= 11 is 1.55. The van der Waals surface area contributed by atoms with Crippen molar-refractivity contribution in [3.05, 3.63) is 57.5 Å². The zero-order chi connectivity index (χ0) is 16.4. The molecule has 3 rings (SSSR count). The molecule has 1 saturated carbocycles. The van der Waals surface area contributed by atoms with Gasteiger partial charge in [-0.3, -0.25) is 4.79 Å². The molecular formula is C17H16FN3OS. The summed E-state index contributed by atoms with van der Waals surface area (Å²) < 4.78 is 14.0. The van der Waals surface area contributed by atoms with Crippen molar-refractivity contribution < 1.29 is 9.18 Å². The molecule has 6 heteroatoms. The van der Waals surface area contributed by atoms with Gasteiger partial charge >= 0.3 is 0 Å². The summed E-state index contributed by atoms with van der Waals surface area (Å²) in [5, 5.41) is 14.8. The summed E-state index contributed by atoms with van der Waals surface area (Å²) in [5.74, 6) is -1.01. The second-order valence-electron chi connectivity index (χ2n) is 5.47. The number of allylic oxidation sites excluding steroid dienone is 1. The monoisotopic (exact) mass is 329 g/mol. The first-order chi connectivity index (χ1) is 11.0. The number of nitrogens with one attached hydrogen (secondary N) is 2. The van der Waals surface area contributed by atoms with E-state index in [4.69, 9.17) is 11.1 Å². The van der Waals surface area contributed by atoms with E-state index < -0.39 is 5.82 Å². The molecule has 1 amide bonds. The molecule has 0 spiro atoms. The Balaban J connectivity index is 1.86. The van der Waals surface area contributed by atoms with Crippen LogP contribution in [0.4, 0.5) is 10.1 Å². The summed E-state index contributed by atoms with van der Waals surface area (Å²) in [4.78, 5) is 12.1. The number of thiophene rings is 1. The van der Waals surface area contributed by atoms with Crippen molar-refractivity contribution in [3.8, 4) is 0 Å². The molecule has 0 aliphatic heterocycles. The SMILES string of the molecule is N=C(/C=C/c1ccsc1)c1cc(C(=O)NC2CC2)cc(F)c1N. The lowest BCUT2D eigenvalue weighted by Gasteiger charge is -2.09. The number of halogens is 1. The fourth-order valence-corrected chi connectivity index (χ4v) is 2.74. The normalized spacial score (nSPS) is 14.1. The predicted molar refractivity (Wildman–Crippen MR) is 91.5 cm³/mol. The predicted octanol–water partition coefficient (Wildman–Crippen LogP) is 3.44. The first-order valence-electron chi connectivity index (χ1n) is 7.23. The lowest BCUT2D eigenvalue weighted by molar-refractivity contribution is 0.0950. The Kier molecular flexibility index (Phi) is 4.25. The molecule has 23 heavy (non-hydrogen) atoms. The molecule has 1 aromatic heterocycles. The van der Waals surface area contributed by atoms with Crippen molar-refractivity contribution in [2.75, 3.05) is 5.73 Å². The minimum absolute atomic E-state index is 0.0636. The standard InChI is InChI=1S/C17H16FN3OS/c18-14-8-11(17(22)21-12-2-3-12)7-13(16(14)20)15(19)4-1-10-5-6-23-9-10/h1,4-9,12,19H,2-3,20H2,(H,21,22)/b4-1+,19-15?. The molecule has 1 aliphatic rings. The molecular weight excluding hydrogens is 313 g/mol. The van der Waals surface area contributed by atoms with Gasteiger partial charge in [-0.05, 0) is 53.4 Å². The number of rotatable bonds is 5. The van der Waals surface area contributed by atoms with Crippen molar-refractivity contribution in [2.24, 2.45) is 0 Å². The summed E-state index contributed by atoms with van der Waals surface area (Å²) in [6.07, 6.45) is 5.22. The van der Waals surface area contributed by atoms with E-state index in [1.807, 2.05) is 16.8 Å². The van der Waals surface area contributed by atoms with Gasteiger partial charge in [0.2, 0.25) is 0 Å². The van der Waals surface area contributed by atoms with Crippen molar-refractivity contribution in [2.45, 2.75) is 18.9 Å². The zero-order valence-electron chi connectivity index (χ0n) is 12.3. The van der Waals surface area contributed by atoms with Gasteiger partial charge in [-0.15, -0.1) is 0 Å². The van der Waals surface area contributed by atoms with Gasteiger partial charge in [0.25, 0.3) is 5.91 Å². The third-order valence-corrected chi connectivity index (χ3v) is 4.28. The number of anilines is 1. The topological polar surface area (TPSA) is 79.0 Å². The smallest absolute Gasteiger partial charge is 0.251 e. The number of carbonyl (C=O) groups is 1. The van der Waals surface area contributed by atoms with Gasteiger partial charge in [0.1, 0.15) is 5.82 Å². The quantitative estimate of drug-likeness (QED) is 0.580. The Morgan fingerprint density at radius 1 is 1.43 bits per heavy atom. The van der Waals surface area contributed by atoms with Crippen LogP contribution in [-0.2, 0) is 0 Å². The minimum atomic E-state index is -0.683. The van der Waals surface area contributed by atoms with E-state index >= 15 is 0 Å². The third-order valence-electron chi connectivity index (χ3n) is 3.58. The second kappa shape index (κ2) is 6.34. The number of nitrogens with two attached hydrogens (primary N) is 1.